The van der Waals surface area contributed by atoms with Crippen LogP contribution in [0.25, 0.3) is 0 Å². The fraction of sp³-hybridized carbons (Fsp3) is 0.875. The van der Waals surface area contributed by atoms with Crippen LogP contribution in [-0.4, -0.2) is 129 Å². The Morgan fingerprint density at radius 3 is 2.17 bits per heavy atom. The predicted octanol–water partition coefficient (Wildman–Crippen LogP) is 1.65. The number of carbonyl (C=O) groups excluding carboxylic acids is 4. The van der Waals surface area contributed by atoms with E-state index in [1.54, 1.807) is 34.6 Å². The van der Waals surface area contributed by atoms with Crippen molar-refractivity contribution >= 4 is 33.7 Å². The van der Waals surface area contributed by atoms with E-state index >= 15 is 0 Å². The molecule has 3 heterocycles. The van der Waals surface area contributed by atoms with Crippen molar-refractivity contribution in [2.45, 2.75) is 129 Å². The van der Waals surface area contributed by atoms with Gasteiger partial charge in [-0.25, -0.2) is 18.2 Å². The average molecular weight is 706 g/mol. The maximum absolute atomic E-state index is 14.3. The Morgan fingerprint density at radius 2 is 1.65 bits per heavy atom. The summed E-state index contributed by atoms with van der Waals surface area (Å²) in [6, 6.07) is -1.55. The topological polar surface area (TPSA) is 187 Å². The molecule has 0 aromatic heterocycles. The number of hydrogen-bond donors (Lipinski definition) is 2. The molecule has 15 nitrogen and oxygen atoms in total. The summed E-state index contributed by atoms with van der Waals surface area (Å²) >= 11 is 0. The molecule has 48 heavy (non-hydrogen) atoms. The molecule has 0 radical (unpaired) electrons. The number of cyclic esters (lactones) is 1. The number of aliphatic hydroxyl groups excluding tert-OH is 1. The molecule has 0 aliphatic carbocycles. The monoisotopic (exact) mass is 705 g/mol. The molecule has 0 bridgehead atoms. The van der Waals surface area contributed by atoms with Gasteiger partial charge in [-0.2, -0.15) is 0 Å². The van der Waals surface area contributed by atoms with Gasteiger partial charge in [0.05, 0.1) is 24.1 Å². The van der Waals surface area contributed by atoms with Crippen molar-refractivity contribution in [2.75, 3.05) is 27.5 Å². The van der Waals surface area contributed by atoms with Crippen LogP contribution in [0.5, 0.6) is 0 Å². The van der Waals surface area contributed by atoms with E-state index < -0.39 is 93.4 Å². The fourth-order valence-electron chi connectivity index (χ4n) is 7.64. The van der Waals surface area contributed by atoms with Crippen LogP contribution < -0.4 is 4.83 Å². The van der Waals surface area contributed by atoms with E-state index in [9.17, 15) is 32.7 Å². The number of rotatable bonds is 7. The predicted molar refractivity (Wildman–Crippen MR) is 173 cm³/mol. The van der Waals surface area contributed by atoms with E-state index in [0.29, 0.717) is 6.42 Å². The van der Waals surface area contributed by atoms with Gasteiger partial charge in [-0.1, -0.05) is 27.7 Å². The fourth-order valence-corrected chi connectivity index (χ4v) is 8.19. The molecule has 0 spiro atoms. The molecule has 0 aromatic rings. The number of methoxy groups -OCH3 is 1. The Morgan fingerprint density at radius 1 is 1.04 bits per heavy atom. The number of Topliss-reactive ketones (excluding diaryl/α,β-unsaturated/α-hetero) is 2. The standard InChI is InChI=1S/C32H55N3O12S/c1-13-22-32(8)26(35(30(40)47-32)33-48(12,41)42)18(4)23(36)16(2)15-31(7,43-11)27(19(5)24(37)20(6)28(39)45-22)46-29-25(38)21(34(9)10)14-17(3)44-29/h16-22,25-27,29,33,38H,13-15H2,1-12H3/t16-,17-,18-,19+,20-,21+,22+,25-,26-,27-,29+,31-,32-/m1/s1. The lowest BCUT2D eigenvalue weighted by Crippen LogP contribution is -2.61. The van der Waals surface area contributed by atoms with Gasteiger partial charge < -0.3 is 33.7 Å². The molecule has 2 N–H and O–H groups in total. The Bertz CT molecular complexity index is 1330. The summed E-state index contributed by atoms with van der Waals surface area (Å²) in [4.78, 5) is 59.2. The van der Waals surface area contributed by atoms with Crippen molar-refractivity contribution < 1.29 is 56.4 Å². The molecule has 3 rings (SSSR count). The van der Waals surface area contributed by atoms with Crippen LogP contribution >= 0.6 is 0 Å². The normalized spacial score (nSPS) is 42.3. The van der Waals surface area contributed by atoms with Crippen molar-refractivity contribution in [1.29, 1.82) is 0 Å². The minimum Gasteiger partial charge on any atom is -0.458 e. The van der Waals surface area contributed by atoms with Gasteiger partial charge in [0.2, 0.25) is 10.0 Å². The quantitative estimate of drug-likeness (QED) is 0.288. The molecular formula is C32H55N3O12S. The van der Waals surface area contributed by atoms with Crippen LogP contribution in [-0.2, 0) is 48.1 Å². The van der Waals surface area contributed by atoms with Crippen molar-refractivity contribution in [3.05, 3.63) is 0 Å². The van der Waals surface area contributed by atoms with Crippen LogP contribution in [0.1, 0.15) is 74.7 Å². The largest absolute Gasteiger partial charge is 0.458 e. The number of nitrogens with zero attached hydrogens (tertiary/aromatic N) is 2. The van der Waals surface area contributed by atoms with Crippen LogP contribution in [0, 0.1) is 23.7 Å². The molecule has 0 unspecified atom stereocenters. The number of carbonyl (C=O) groups is 4. The number of amides is 1. The van der Waals surface area contributed by atoms with Gasteiger partial charge in [-0.05, 0) is 61.1 Å². The number of hydrogen-bond acceptors (Lipinski definition) is 13. The number of esters is 1. The highest BCUT2D eigenvalue weighted by Gasteiger charge is 2.61. The van der Waals surface area contributed by atoms with E-state index in [2.05, 4.69) is 4.83 Å². The van der Waals surface area contributed by atoms with Gasteiger partial charge in [-0.3, -0.25) is 14.4 Å². The summed E-state index contributed by atoms with van der Waals surface area (Å²) in [6.07, 6.45) is -4.36. The van der Waals surface area contributed by atoms with Crippen molar-refractivity contribution in [1.82, 2.24) is 14.7 Å². The number of sulfonamides is 1. The number of hydrazine groups is 1. The van der Waals surface area contributed by atoms with Crippen LogP contribution in [0.4, 0.5) is 4.79 Å². The molecule has 3 saturated heterocycles. The second-order valence-corrected chi connectivity index (χ2v) is 16.1. The van der Waals surface area contributed by atoms with E-state index in [4.69, 9.17) is 23.7 Å². The second-order valence-electron chi connectivity index (χ2n) is 14.4. The summed E-state index contributed by atoms with van der Waals surface area (Å²) in [5.74, 6) is -5.95. The van der Waals surface area contributed by atoms with E-state index in [1.807, 2.05) is 25.9 Å². The molecular weight excluding hydrogens is 650 g/mol. The first-order valence-electron chi connectivity index (χ1n) is 16.5. The van der Waals surface area contributed by atoms with Gasteiger partial charge in [-0.15, -0.1) is 4.83 Å². The highest BCUT2D eigenvalue weighted by molar-refractivity contribution is 7.88. The van der Waals surface area contributed by atoms with Crippen LogP contribution in [0.15, 0.2) is 0 Å². The summed E-state index contributed by atoms with van der Waals surface area (Å²) < 4.78 is 54.8. The lowest BCUT2D eigenvalue weighted by molar-refractivity contribution is -0.295. The summed E-state index contributed by atoms with van der Waals surface area (Å²) in [6.45, 7) is 12.9. The van der Waals surface area contributed by atoms with Crippen molar-refractivity contribution in [3.8, 4) is 0 Å². The van der Waals surface area contributed by atoms with E-state index in [1.165, 1.54) is 21.0 Å². The minimum atomic E-state index is -4.01. The van der Waals surface area contributed by atoms with Gasteiger partial charge in [0.15, 0.2) is 17.7 Å². The van der Waals surface area contributed by atoms with Crippen LogP contribution in [0.2, 0.25) is 0 Å². The highest BCUT2D eigenvalue weighted by Crippen LogP contribution is 2.42. The number of aliphatic hydroxyl groups is 1. The number of likely N-dealkylation sites (N-methyl/N-ethyl adjacent to an activating group) is 1. The lowest BCUT2D eigenvalue weighted by Gasteiger charge is -2.47. The third-order valence-corrected chi connectivity index (χ3v) is 10.9. The SMILES string of the molecule is CC[C@@H]1OC(=O)[C@H](C)C(=O)[C@H](C)[C@@H](O[C@@H]2O[C@H](C)C[C@H](N(C)C)[C@H]2O)[C@](C)(OC)C[C@@H](C)C(=O)[C@@H](C)[C@H]2N(NS(C)(=O)=O)C(=O)O[C@]12C. The van der Waals surface area contributed by atoms with E-state index in [-0.39, 0.29) is 30.8 Å². The number of ketones is 2. The molecule has 13 atom stereocenters. The first kappa shape index (κ1) is 40.2. The maximum atomic E-state index is 14.3. The smallest absolute Gasteiger partial charge is 0.426 e. The third kappa shape index (κ3) is 8.05. The first-order chi connectivity index (χ1) is 22.0. The van der Waals surface area contributed by atoms with Crippen LogP contribution in [0.3, 0.4) is 0 Å². The van der Waals surface area contributed by atoms with Gasteiger partial charge >= 0.3 is 12.1 Å². The molecule has 0 aromatic carbocycles. The summed E-state index contributed by atoms with van der Waals surface area (Å²) in [7, 11) is 1.08. The van der Waals surface area contributed by atoms with Crippen molar-refractivity contribution in [2.24, 2.45) is 23.7 Å². The highest BCUT2D eigenvalue weighted by atomic mass is 32.2. The molecule has 0 saturated carbocycles. The lowest BCUT2D eigenvalue weighted by atomic mass is 9.73. The van der Waals surface area contributed by atoms with Gasteiger partial charge in [0, 0.05) is 30.9 Å². The Kier molecular flexibility index (Phi) is 12.5. The number of ether oxygens (including phenoxy) is 5. The summed E-state index contributed by atoms with van der Waals surface area (Å²) in [5.41, 5.74) is -3.03. The van der Waals surface area contributed by atoms with Gasteiger partial charge in [0.1, 0.15) is 30.0 Å². The summed E-state index contributed by atoms with van der Waals surface area (Å²) in [5, 5.41) is 12.1. The minimum absolute atomic E-state index is 0.0121. The molecule has 3 fully saturated rings. The zero-order chi connectivity index (χ0) is 36.7. The van der Waals surface area contributed by atoms with Crippen molar-refractivity contribution in [3.63, 3.8) is 0 Å². The third-order valence-electron chi connectivity index (χ3n) is 10.3. The molecule has 1 amide bonds. The van der Waals surface area contributed by atoms with Gasteiger partial charge in [0.25, 0.3) is 0 Å². The zero-order valence-corrected chi connectivity index (χ0v) is 31.0. The first-order valence-corrected chi connectivity index (χ1v) is 18.4. The van der Waals surface area contributed by atoms with E-state index in [0.717, 1.165) is 11.3 Å². The second kappa shape index (κ2) is 15.0. The molecule has 3 aliphatic rings. The molecule has 16 heteroatoms. The molecule has 3 aliphatic heterocycles. The number of fused-ring (bicyclic) bond motifs is 1. The number of nitrogens with one attached hydrogen (secondary N) is 1. The molecule has 276 valence electrons. The maximum Gasteiger partial charge on any atom is 0.426 e. The average Bonchev–Trinajstić information content (AvgIpc) is 3.24. The Balaban J connectivity index is 2.16. The Hall–Kier alpha value is -2.21. The Labute approximate surface area is 284 Å². The zero-order valence-electron chi connectivity index (χ0n) is 30.2.